The number of halogens is 3. The molecular formula is C16H12Cl3NO. The highest BCUT2D eigenvalue weighted by atomic mass is 35.5. The smallest absolute Gasteiger partial charge is 0.253 e. The molecule has 2 aromatic rings. The summed E-state index contributed by atoms with van der Waals surface area (Å²) < 4.78 is 0. The topological polar surface area (TPSA) is 29.1 Å². The fourth-order valence-corrected chi connectivity index (χ4v) is 3.33. The number of benzene rings is 2. The van der Waals surface area contributed by atoms with E-state index in [9.17, 15) is 4.79 Å². The van der Waals surface area contributed by atoms with Crippen LogP contribution in [0.15, 0.2) is 36.4 Å². The maximum absolute atomic E-state index is 12.4. The molecule has 0 spiro atoms. The molecular weight excluding hydrogens is 329 g/mol. The normalized spacial score (nSPS) is 14.0. The zero-order valence-corrected chi connectivity index (χ0v) is 13.3. The van der Waals surface area contributed by atoms with Crippen molar-refractivity contribution in [1.82, 2.24) is 5.32 Å². The summed E-state index contributed by atoms with van der Waals surface area (Å²) in [5, 5.41) is 3.90. The summed E-state index contributed by atoms with van der Waals surface area (Å²) in [7, 11) is 0. The first kappa shape index (κ1) is 14.7. The van der Waals surface area contributed by atoms with Crippen LogP contribution in [-0.4, -0.2) is 11.9 Å². The van der Waals surface area contributed by atoms with Crippen molar-refractivity contribution in [2.75, 3.05) is 0 Å². The summed E-state index contributed by atoms with van der Waals surface area (Å²) in [5.74, 6) is -0.248. The summed E-state index contributed by atoms with van der Waals surface area (Å²) in [6, 6.07) is 11.3. The largest absolute Gasteiger partial charge is 0.349 e. The van der Waals surface area contributed by atoms with Gasteiger partial charge in [0, 0.05) is 11.1 Å². The van der Waals surface area contributed by atoms with Gasteiger partial charge >= 0.3 is 0 Å². The van der Waals surface area contributed by atoms with Crippen molar-refractivity contribution in [3.63, 3.8) is 0 Å². The molecule has 108 valence electrons. The number of hydrogen-bond acceptors (Lipinski definition) is 1. The molecule has 0 aliphatic heterocycles. The van der Waals surface area contributed by atoms with Crippen molar-refractivity contribution >= 4 is 40.7 Å². The minimum Gasteiger partial charge on any atom is -0.349 e. The van der Waals surface area contributed by atoms with Gasteiger partial charge in [0.05, 0.1) is 15.6 Å². The van der Waals surface area contributed by atoms with Gasteiger partial charge in [-0.1, -0.05) is 59.1 Å². The van der Waals surface area contributed by atoms with Crippen LogP contribution in [0.3, 0.4) is 0 Å². The summed E-state index contributed by atoms with van der Waals surface area (Å²) >= 11 is 18.0. The summed E-state index contributed by atoms with van der Waals surface area (Å²) in [5.41, 5.74) is 2.86. The molecule has 0 radical (unpaired) electrons. The van der Waals surface area contributed by atoms with Gasteiger partial charge in [0.2, 0.25) is 0 Å². The molecule has 1 amide bonds. The van der Waals surface area contributed by atoms with E-state index < -0.39 is 0 Å². The first-order valence-electron chi connectivity index (χ1n) is 6.57. The molecule has 0 atom stereocenters. The van der Waals surface area contributed by atoms with Gasteiger partial charge in [0.15, 0.2) is 0 Å². The minimum absolute atomic E-state index is 0.0729. The summed E-state index contributed by atoms with van der Waals surface area (Å²) in [6.07, 6.45) is 1.65. The molecule has 21 heavy (non-hydrogen) atoms. The maximum Gasteiger partial charge on any atom is 0.253 e. The van der Waals surface area contributed by atoms with Gasteiger partial charge in [-0.3, -0.25) is 4.79 Å². The highest BCUT2D eigenvalue weighted by Gasteiger charge is 2.24. The molecule has 0 bridgehead atoms. The van der Waals surface area contributed by atoms with Gasteiger partial charge in [0.1, 0.15) is 0 Å². The molecule has 0 unspecified atom stereocenters. The number of nitrogens with one attached hydrogen (secondary N) is 1. The average Bonchev–Trinajstić information content (AvgIpc) is 2.84. The lowest BCUT2D eigenvalue weighted by atomic mass is 10.1. The number of carbonyl (C=O) groups excluding carboxylic acids is 1. The average molecular weight is 341 g/mol. The van der Waals surface area contributed by atoms with Gasteiger partial charge in [-0.15, -0.1) is 0 Å². The fourth-order valence-electron chi connectivity index (χ4n) is 2.65. The van der Waals surface area contributed by atoms with Crippen LogP contribution in [0.5, 0.6) is 0 Å². The quantitative estimate of drug-likeness (QED) is 0.799. The standard InChI is InChI=1S/C16H12Cl3NO/c17-11-7-13(15(19)14(18)8-11)16(21)20-12-5-9-3-1-2-4-10(9)6-12/h1-4,7-8,12H,5-6H2,(H,20,21). The molecule has 0 aromatic heterocycles. The van der Waals surface area contributed by atoms with Gasteiger partial charge in [0.25, 0.3) is 5.91 Å². The van der Waals surface area contributed by atoms with Crippen LogP contribution in [0.1, 0.15) is 21.5 Å². The fraction of sp³-hybridized carbons (Fsp3) is 0.188. The van der Waals surface area contributed by atoms with Crippen molar-refractivity contribution in [2.24, 2.45) is 0 Å². The van der Waals surface area contributed by atoms with E-state index in [1.807, 2.05) is 12.1 Å². The first-order chi connectivity index (χ1) is 10.0. The Bertz CT molecular complexity index is 690. The van der Waals surface area contributed by atoms with Gasteiger partial charge in [-0.05, 0) is 36.1 Å². The lowest BCUT2D eigenvalue weighted by Crippen LogP contribution is -2.35. The third-order valence-corrected chi connectivity index (χ3v) is 4.64. The van der Waals surface area contributed by atoms with Crippen molar-refractivity contribution in [1.29, 1.82) is 0 Å². The zero-order valence-electron chi connectivity index (χ0n) is 11.0. The Kier molecular flexibility index (Phi) is 4.12. The van der Waals surface area contributed by atoms with E-state index in [4.69, 9.17) is 34.8 Å². The molecule has 1 aliphatic carbocycles. The van der Waals surface area contributed by atoms with E-state index in [-0.39, 0.29) is 22.0 Å². The van der Waals surface area contributed by atoms with E-state index in [0.29, 0.717) is 10.6 Å². The second-order valence-corrected chi connectivity index (χ2v) is 6.32. The number of hydrogen-bond donors (Lipinski definition) is 1. The van der Waals surface area contributed by atoms with Crippen LogP contribution in [0.2, 0.25) is 15.1 Å². The number of rotatable bonds is 2. The zero-order chi connectivity index (χ0) is 15.0. The maximum atomic E-state index is 12.4. The van der Waals surface area contributed by atoms with Gasteiger partial charge in [-0.25, -0.2) is 0 Å². The van der Waals surface area contributed by atoms with Crippen molar-refractivity contribution in [2.45, 2.75) is 18.9 Å². The van der Waals surface area contributed by atoms with Crippen molar-refractivity contribution in [3.05, 3.63) is 68.2 Å². The SMILES string of the molecule is O=C(NC1Cc2ccccc2C1)c1cc(Cl)cc(Cl)c1Cl. The Morgan fingerprint density at radius 3 is 2.29 bits per heavy atom. The van der Waals surface area contributed by atoms with E-state index in [1.165, 1.54) is 23.3 Å². The van der Waals surface area contributed by atoms with Crippen LogP contribution >= 0.6 is 34.8 Å². The first-order valence-corrected chi connectivity index (χ1v) is 7.70. The van der Waals surface area contributed by atoms with E-state index in [1.54, 1.807) is 0 Å². The highest BCUT2D eigenvalue weighted by molar-refractivity contribution is 6.45. The molecule has 5 heteroatoms. The number of carbonyl (C=O) groups is 1. The molecule has 0 saturated heterocycles. The Labute approximate surface area is 138 Å². The Balaban J connectivity index is 1.77. The van der Waals surface area contributed by atoms with Crippen LogP contribution in [0.4, 0.5) is 0 Å². The molecule has 0 heterocycles. The second kappa shape index (κ2) is 5.88. The van der Waals surface area contributed by atoms with Crippen LogP contribution in [-0.2, 0) is 12.8 Å². The van der Waals surface area contributed by atoms with Gasteiger partial charge < -0.3 is 5.32 Å². The van der Waals surface area contributed by atoms with Crippen LogP contribution in [0, 0.1) is 0 Å². The molecule has 1 aliphatic rings. The summed E-state index contributed by atoms with van der Waals surface area (Å²) in [6.45, 7) is 0. The predicted molar refractivity (Wildman–Crippen MR) is 86.6 cm³/mol. The van der Waals surface area contributed by atoms with Crippen LogP contribution < -0.4 is 5.32 Å². The second-order valence-electron chi connectivity index (χ2n) is 5.10. The third-order valence-electron chi connectivity index (χ3n) is 3.62. The van der Waals surface area contributed by atoms with Crippen molar-refractivity contribution < 1.29 is 4.79 Å². The highest BCUT2D eigenvalue weighted by Crippen LogP contribution is 2.30. The molecule has 2 aromatic carbocycles. The molecule has 0 fully saturated rings. The number of fused-ring (bicyclic) bond motifs is 1. The van der Waals surface area contributed by atoms with E-state index in [0.717, 1.165) is 12.8 Å². The summed E-state index contributed by atoms with van der Waals surface area (Å²) in [4.78, 5) is 12.4. The molecule has 1 N–H and O–H groups in total. The number of amides is 1. The van der Waals surface area contributed by atoms with E-state index >= 15 is 0 Å². The molecule has 3 rings (SSSR count). The Morgan fingerprint density at radius 2 is 1.67 bits per heavy atom. The Hall–Kier alpha value is -1.22. The Morgan fingerprint density at radius 1 is 1.05 bits per heavy atom. The van der Waals surface area contributed by atoms with Crippen LogP contribution in [0.25, 0.3) is 0 Å². The molecule has 2 nitrogen and oxygen atoms in total. The van der Waals surface area contributed by atoms with E-state index in [2.05, 4.69) is 17.4 Å². The molecule has 0 saturated carbocycles. The minimum atomic E-state index is -0.248. The predicted octanol–water partition coefficient (Wildman–Crippen LogP) is 4.54. The van der Waals surface area contributed by atoms with Crippen molar-refractivity contribution in [3.8, 4) is 0 Å². The third kappa shape index (κ3) is 3.03. The lowest BCUT2D eigenvalue weighted by molar-refractivity contribution is 0.0939. The lowest BCUT2D eigenvalue weighted by Gasteiger charge is -2.13. The van der Waals surface area contributed by atoms with Gasteiger partial charge in [-0.2, -0.15) is 0 Å². The monoisotopic (exact) mass is 339 g/mol.